The van der Waals surface area contributed by atoms with Gasteiger partial charge in [-0.1, -0.05) is 6.92 Å². The molecule has 0 rings (SSSR count). The summed E-state index contributed by atoms with van der Waals surface area (Å²) in [4.78, 5) is 26.5. The Labute approximate surface area is 109 Å². The molecule has 6 nitrogen and oxygen atoms in total. The third-order valence-corrected chi connectivity index (χ3v) is 2.72. The smallest absolute Gasteiger partial charge is 0.309 e. The number of carbonyl (C=O) groups is 2. The summed E-state index contributed by atoms with van der Waals surface area (Å²) in [5.41, 5.74) is 5.39. The lowest BCUT2D eigenvalue weighted by Gasteiger charge is -2.23. The van der Waals surface area contributed by atoms with E-state index in [2.05, 4.69) is 4.74 Å². The Morgan fingerprint density at radius 2 is 1.94 bits per heavy atom. The van der Waals surface area contributed by atoms with Crippen molar-refractivity contribution in [3.8, 4) is 0 Å². The van der Waals surface area contributed by atoms with E-state index in [1.807, 2.05) is 11.9 Å². The van der Waals surface area contributed by atoms with E-state index in [0.717, 1.165) is 6.42 Å². The first kappa shape index (κ1) is 16.9. The van der Waals surface area contributed by atoms with Gasteiger partial charge in [-0.05, 0) is 20.0 Å². The molecule has 106 valence electrons. The minimum absolute atomic E-state index is 0.0306. The van der Waals surface area contributed by atoms with Crippen LogP contribution in [0.15, 0.2) is 0 Å². The maximum atomic E-state index is 11.8. The van der Waals surface area contributed by atoms with Crippen LogP contribution in [0.25, 0.3) is 0 Å². The maximum Gasteiger partial charge on any atom is 0.309 e. The molecule has 0 aromatic carbocycles. The molecule has 0 spiro atoms. The third-order valence-electron chi connectivity index (χ3n) is 2.72. The van der Waals surface area contributed by atoms with Crippen LogP contribution in [0.3, 0.4) is 0 Å². The summed E-state index contributed by atoms with van der Waals surface area (Å²) in [6.45, 7) is 3.82. The summed E-state index contributed by atoms with van der Waals surface area (Å²) < 4.78 is 4.64. The molecule has 2 N–H and O–H groups in total. The fraction of sp³-hybridized carbons (Fsp3) is 0.833. The van der Waals surface area contributed by atoms with E-state index in [4.69, 9.17) is 5.73 Å². The molecule has 0 aliphatic rings. The monoisotopic (exact) mass is 259 g/mol. The zero-order valence-electron chi connectivity index (χ0n) is 11.8. The number of amides is 1. The van der Waals surface area contributed by atoms with Crippen molar-refractivity contribution in [1.29, 1.82) is 0 Å². The Bertz CT molecular complexity index is 271. The number of ether oxygens (including phenoxy) is 1. The molecule has 0 aromatic rings. The van der Waals surface area contributed by atoms with Crippen LogP contribution in [0.1, 0.15) is 13.3 Å². The number of hydrogen-bond donors (Lipinski definition) is 1. The van der Waals surface area contributed by atoms with E-state index in [1.54, 1.807) is 18.9 Å². The topological polar surface area (TPSA) is 75.9 Å². The van der Waals surface area contributed by atoms with E-state index in [-0.39, 0.29) is 17.8 Å². The molecule has 0 saturated heterocycles. The van der Waals surface area contributed by atoms with Gasteiger partial charge in [-0.2, -0.15) is 0 Å². The lowest BCUT2D eigenvalue weighted by Crippen LogP contribution is -2.40. The van der Waals surface area contributed by atoms with Gasteiger partial charge in [0.25, 0.3) is 0 Å². The van der Waals surface area contributed by atoms with E-state index in [9.17, 15) is 9.59 Å². The lowest BCUT2D eigenvalue weighted by molar-refractivity contribution is -0.146. The molecular weight excluding hydrogens is 234 g/mol. The van der Waals surface area contributed by atoms with Crippen LogP contribution >= 0.6 is 0 Å². The summed E-state index contributed by atoms with van der Waals surface area (Å²) in [5.74, 6) is -0.462. The van der Waals surface area contributed by atoms with Gasteiger partial charge in [0.15, 0.2) is 0 Å². The number of esters is 1. The fourth-order valence-electron chi connectivity index (χ4n) is 1.61. The summed E-state index contributed by atoms with van der Waals surface area (Å²) in [5, 5.41) is 0. The average molecular weight is 259 g/mol. The molecule has 1 unspecified atom stereocenters. The van der Waals surface area contributed by atoms with Gasteiger partial charge >= 0.3 is 5.97 Å². The second kappa shape index (κ2) is 8.88. The Hall–Kier alpha value is -1.14. The van der Waals surface area contributed by atoms with E-state index < -0.39 is 0 Å². The second-order valence-electron chi connectivity index (χ2n) is 4.58. The second-order valence-corrected chi connectivity index (χ2v) is 4.58. The largest absolute Gasteiger partial charge is 0.469 e. The molecule has 18 heavy (non-hydrogen) atoms. The summed E-state index contributed by atoms with van der Waals surface area (Å²) in [6, 6.07) is 0. The van der Waals surface area contributed by atoms with Crippen LogP contribution in [-0.4, -0.2) is 69.1 Å². The molecule has 0 heterocycles. The van der Waals surface area contributed by atoms with Crippen molar-refractivity contribution >= 4 is 11.9 Å². The zero-order valence-corrected chi connectivity index (χ0v) is 11.8. The van der Waals surface area contributed by atoms with Crippen LogP contribution in [-0.2, 0) is 14.3 Å². The van der Waals surface area contributed by atoms with Crippen molar-refractivity contribution in [1.82, 2.24) is 9.80 Å². The third kappa shape index (κ3) is 6.56. The van der Waals surface area contributed by atoms with Gasteiger partial charge in [-0.15, -0.1) is 0 Å². The summed E-state index contributed by atoms with van der Waals surface area (Å²) >= 11 is 0. The van der Waals surface area contributed by atoms with Crippen LogP contribution in [0.5, 0.6) is 0 Å². The lowest BCUT2D eigenvalue weighted by atomic mass is 10.2. The molecule has 6 heteroatoms. The van der Waals surface area contributed by atoms with Gasteiger partial charge in [0, 0.05) is 20.1 Å². The highest BCUT2D eigenvalue weighted by Crippen LogP contribution is 2.01. The molecule has 0 saturated carbocycles. The first-order valence-electron chi connectivity index (χ1n) is 6.12. The number of nitrogens with zero attached hydrogens (tertiary/aromatic N) is 2. The molecule has 1 atom stereocenters. The van der Waals surface area contributed by atoms with Crippen LogP contribution in [0, 0.1) is 5.92 Å². The number of rotatable bonds is 8. The number of methoxy groups -OCH3 is 1. The van der Waals surface area contributed by atoms with Crippen molar-refractivity contribution in [2.24, 2.45) is 11.7 Å². The predicted molar refractivity (Wildman–Crippen MR) is 70.0 cm³/mol. The zero-order chi connectivity index (χ0) is 14.1. The van der Waals surface area contributed by atoms with Crippen molar-refractivity contribution in [3.63, 3.8) is 0 Å². The highest BCUT2D eigenvalue weighted by atomic mass is 16.5. The van der Waals surface area contributed by atoms with Gasteiger partial charge in [-0.25, -0.2) is 0 Å². The van der Waals surface area contributed by atoms with Crippen molar-refractivity contribution < 1.29 is 14.3 Å². The highest BCUT2D eigenvalue weighted by Gasteiger charge is 2.18. The minimum atomic E-state index is -0.259. The van der Waals surface area contributed by atoms with Crippen molar-refractivity contribution in [3.05, 3.63) is 0 Å². The predicted octanol–water partition coefficient (Wildman–Crippen LogP) is -0.465. The number of carbonyl (C=O) groups excluding carboxylic acids is 2. The Kier molecular flexibility index (Phi) is 8.32. The Morgan fingerprint density at radius 1 is 1.33 bits per heavy atom. The van der Waals surface area contributed by atoms with Crippen LogP contribution in [0.4, 0.5) is 0 Å². The first-order valence-corrected chi connectivity index (χ1v) is 6.12. The first-order chi connectivity index (χ1) is 8.42. The van der Waals surface area contributed by atoms with Crippen molar-refractivity contribution in [2.75, 3.05) is 47.4 Å². The van der Waals surface area contributed by atoms with Gasteiger partial charge in [0.1, 0.15) is 0 Å². The van der Waals surface area contributed by atoms with E-state index >= 15 is 0 Å². The SMILES string of the molecule is COC(=O)C(C)CN(C)CC(=O)N(C)CCCN. The van der Waals surface area contributed by atoms with Gasteiger partial charge in [0.2, 0.25) is 5.91 Å². The molecular formula is C12H25N3O3. The molecule has 0 radical (unpaired) electrons. The van der Waals surface area contributed by atoms with Gasteiger partial charge in [0.05, 0.1) is 19.6 Å². The Morgan fingerprint density at radius 3 is 2.44 bits per heavy atom. The van der Waals surface area contributed by atoms with Crippen molar-refractivity contribution in [2.45, 2.75) is 13.3 Å². The van der Waals surface area contributed by atoms with Crippen LogP contribution < -0.4 is 5.73 Å². The number of hydrogen-bond acceptors (Lipinski definition) is 5. The van der Waals surface area contributed by atoms with E-state index in [1.165, 1.54) is 7.11 Å². The van der Waals surface area contributed by atoms with Gasteiger partial charge < -0.3 is 15.4 Å². The summed E-state index contributed by atoms with van der Waals surface area (Å²) in [7, 11) is 4.94. The maximum absolute atomic E-state index is 11.8. The quantitative estimate of drug-likeness (QED) is 0.597. The highest BCUT2D eigenvalue weighted by molar-refractivity contribution is 5.78. The minimum Gasteiger partial charge on any atom is -0.469 e. The standard InChI is InChI=1S/C12H25N3O3/c1-10(12(17)18-4)8-14(2)9-11(16)15(3)7-5-6-13/h10H,5-9,13H2,1-4H3. The average Bonchev–Trinajstić information content (AvgIpc) is 2.34. The Balaban J connectivity index is 4.03. The van der Waals surface area contributed by atoms with E-state index in [0.29, 0.717) is 26.2 Å². The molecule has 0 fully saturated rings. The number of nitrogens with two attached hydrogens (primary N) is 1. The number of likely N-dealkylation sites (N-methyl/N-ethyl adjacent to an activating group) is 2. The normalized spacial score (nSPS) is 12.3. The molecule has 0 aliphatic carbocycles. The molecule has 0 bridgehead atoms. The fourth-order valence-corrected chi connectivity index (χ4v) is 1.61. The molecule has 1 amide bonds. The molecule has 0 aromatic heterocycles. The van der Waals surface area contributed by atoms with Crippen LogP contribution in [0.2, 0.25) is 0 Å². The molecule has 0 aliphatic heterocycles. The summed E-state index contributed by atoms with van der Waals surface area (Å²) in [6.07, 6.45) is 0.796. The van der Waals surface area contributed by atoms with Gasteiger partial charge in [-0.3, -0.25) is 14.5 Å².